The highest BCUT2D eigenvalue weighted by molar-refractivity contribution is 4.87. The van der Waals surface area contributed by atoms with Crippen molar-refractivity contribution < 1.29 is 9.84 Å². The van der Waals surface area contributed by atoms with Gasteiger partial charge in [-0.15, -0.1) is 0 Å². The minimum Gasteiger partial charge on any atom is -0.391 e. The lowest BCUT2D eigenvalue weighted by Crippen LogP contribution is -2.55. The van der Waals surface area contributed by atoms with E-state index in [-0.39, 0.29) is 11.7 Å². The Kier molecular flexibility index (Phi) is 4.45. The van der Waals surface area contributed by atoms with E-state index in [0.29, 0.717) is 6.04 Å². The van der Waals surface area contributed by atoms with Gasteiger partial charge in [0.15, 0.2) is 0 Å². The fourth-order valence-corrected chi connectivity index (χ4v) is 3.21. The van der Waals surface area contributed by atoms with Gasteiger partial charge in [-0.3, -0.25) is 4.90 Å². The van der Waals surface area contributed by atoms with Gasteiger partial charge in [0.1, 0.15) is 0 Å². The highest BCUT2D eigenvalue weighted by Gasteiger charge is 2.34. The van der Waals surface area contributed by atoms with E-state index in [0.717, 1.165) is 32.5 Å². The number of aliphatic hydroxyl groups is 1. The van der Waals surface area contributed by atoms with Crippen LogP contribution < -0.4 is 0 Å². The van der Waals surface area contributed by atoms with E-state index in [1.54, 1.807) is 0 Å². The predicted molar refractivity (Wildman–Crippen MR) is 69.1 cm³/mol. The van der Waals surface area contributed by atoms with Crippen molar-refractivity contribution in [3.63, 3.8) is 0 Å². The molecule has 0 bridgehead atoms. The van der Waals surface area contributed by atoms with Crippen molar-refractivity contribution in [2.45, 2.75) is 70.1 Å². The number of morpholine rings is 1. The van der Waals surface area contributed by atoms with E-state index in [4.69, 9.17) is 4.74 Å². The van der Waals surface area contributed by atoms with Crippen LogP contribution in [0.25, 0.3) is 0 Å². The van der Waals surface area contributed by atoms with Crippen LogP contribution in [-0.2, 0) is 4.74 Å². The van der Waals surface area contributed by atoms with Crippen LogP contribution in [0.1, 0.15) is 52.4 Å². The molecule has 0 aromatic carbocycles. The second-order valence-corrected chi connectivity index (χ2v) is 6.20. The Balaban J connectivity index is 1.97. The van der Waals surface area contributed by atoms with Gasteiger partial charge in [-0.05, 0) is 26.7 Å². The molecule has 0 aromatic heterocycles. The third-order valence-corrected chi connectivity index (χ3v) is 4.12. The van der Waals surface area contributed by atoms with Crippen LogP contribution in [0.5, 0.6) is 0 Å². The maximum absolute atomic E-state index is 10.3. The Labute approximate surface area is 105 Å². The molecule has 1 N–H and O–H groups in total. The number of ether oxygens (including phenoxy) is 1. The standard InChI is InChI=1S/C14H27NO2/c1-14(2)11-15(9-10-17-14)12-7-5-3-4-6-8-13(12)16/h12-13,16H,3-11H2,1-2H3. The van der Waals surface area contributed by atoms with Gasteiger partial charge >= 0.3 is 0 Å². The molecule has 17 heavy (non-hydrogen) atoms. The zero-order chi connectivity index (χ0) is 12.3. The van der Waals surface area contributed by atoms with Gasteiger partial charge in [0, 0.05) is 19.1 Å². The molecule has 2 rings (SSSR count). The number of aliphatic hydroxyl groups excluding tert-OH is 1. The molecule has 0 spiro atoms. The Morgan fingerprint density at radius 2 is 1.82 bits per heavy atom. The average Bonchev–Trinajstić information content (AvgIpc) is 2.22. The van der Waals surface area contributed by atoms with Gasteiger partial charge < -0.3 is 9.84 Å². The van der Waals surface area contributed by atoms with Crippen molar-refractivity contribution in [2.75, 3.05) is 19.7 Å². The van der Waals surface area contributed by atoms with Crippen molar-refractivity contribution in [1.29, 1.82) is 0 Å². The number of hydrogen-bond acceptors (Lipinski definition) is 3. The SMILES string of the molecule is CC1(C)CN(C2CCCCCCC2O)CCO1. The van der Waals surface area contributed by atoms with Gasteiger partial charge in [-0.1, -0.05) is 25.7 Å². The van der Waals surface area contributed by atoms with Crippen molar-refractivity contribution in [1.82, 2.24) is 4.90 Å². The first-order valence-corrected chi connectivity index (χ1v) is 7.15. The first-order chi connectivity index (χ1) is 8.08. The van der Waals surface area contributed by atoms with Gasteiger partial charge in [-0.25, -0.2) is 0 Å². The van der Waals surface area contributed by atoms with E-state index in [2.05, 4.69) is 18.7 Å². The van der Waals surface area contributed by atoms with E-state index >= 15 is 0 Å². The number of nitrogens with zero attached hydrogens (tertiary/aromatic N) is 1. The smallest absolute Gasteiger partial charge is 0.0753 e. The minimum absolute atomic E-state index is 0.0552. The molecule has 1 saturated carbocycles. The zero-order valence-corrected chi connectivity index (χ0v) is 11.3. The summed E-state index contributed by atoms with van der Waals surface area (Å²) in [4.78, 5) is 2.46. The molecule has 2 unspecified atom stereocenters. The predicted octanol–water partition coefficient (Wildman–Crippen LogP) is 2.18. The van der Waals surface area contributed by atoms with E-state index in [9.17, 15) is 5.11 Å². The molecule has 2 fully saturated rings. The Bertz CT molecular complexity index is 242. The lowest BCUT2D eigenvalue weighted by molar-refractivity contribution is -0.113. The van der Waals surface area contributed by atoms with Gasteiger partial charge in [0.2, 0.25) is 0 Å². The molecule has 1 heterocycles. The Morgan fingerprint density at radius 3 is 2.53 bits per heavy atom. The molecule has 1 saturated heterocycles. The van der Waals surface area contributed by atoms with Crippen LogP contribution in [0.4, 0.5) is 0 Å². The van der Waals surface area contributed by atoms with Crippen LogP contribution in [0, 0.1) is 0 Å². The third kappa shape index (κ3) is 3.67. The minimum atomic E-state index is -0.135. The molecule has 3 nitrogen and oxygen atoms in total. The van der Waals surface area contributed by atoms with Crippen molar-refractivity contribution in [3.05, 3.63) is 0 Å². The van der Waals surface area contributed by atoms with Crippen LogP contribution in [0.3, 0.4) is 0 Å². The quantitative estimate of drug-likeness (QED) is 0.764. The van der Waals surface area contributed by atoms with Crippen LogP contribution >= 0.6 is 0 Å². The molecule has 1 aliphatic heterocycles. The summed E-state index contributed by atoms with van der Waals surface area (Å²) in [6.07, 6.45) is 7.06. The lowest BCUT2D eigenvalue weighted by atomic mass is 9.92. The second-order valence-electron chi connectivity index (χ2n) is 6.20. The molecular formula is C14H27NO2. The van der Waals surface area contributed by atoms with Crippen molar-refractivity contribution in [3.8, 4) is 0 Å². The van der Waals surface area contributed by atoms with E-state index in [1.807, 2.05) is 0 Å². The fourth-order valence-electron chi connectivity index (χ4n) is 3.21. The van der Waals surface area contributed by atoms with Crippen LogP contribution in [0.2, 0.25) is 0 Å². The van der Waals surface area contributed by atoms with Gasteiger partial charge in [0.05, 0.1) is 18.3 Å². The summed E-state index contributed by atoms with van der Waals surface area (Å²) >= 11 is 0. The molecule has 3 heteroatoms. The summed E-state index contributed by atoms with van der Waals surface area (Å²) in [7, 11) is 0. The molecule has 100 valence electrons. The van der Waals surface area contributed by atoms with E-state index < -0.39 is 0 Å². The highest BCUT2D eigenvalue weighted by atomic mass is 16.5. The Morgan fingerprint density at radius 1 is 1.12 bits per heavy atom. The van der Waals surface area contributed by atoms with Gasteiger partial charge in [0.25, 0.3) is 0 Å². The summed E-state index contributed by atoms with van der Waals surface area (Å²) in [5, 5.41) is 10.3. The molecule has 1 aliphatic carbocycles. The van der Waals surface area contributed by atoms with Gasteiger partial charge in [-0.2, -0.15) is 0 Å². The third-order valence-electron chi connectivity index (χ3n) is 4.12. The second kappa shape index (κ2) is 5.68. The largest absolute Gasteiger partial charge is 0.391 e. The fraction of sp³-hybridized carbons (Fsp3) is 1.00. The molecule has 0 radical (unpaired) electrons. The first-order valence-electron chi connectivity index (χ1n) is 7.15. The van der Waals surface area contributed by atoms with Crippen molar-refractivity contribution >= 4 is 0 Å². The number of hydrogen-bond donors (Lipinski definition) is 1. The highest BCUT2D eigenvalue weighted by Crippen LogP contribution is 2.26. The zero-order valence-electron chi connectivity index (χ0n) is 11.3. The summed E-state index contributed by atoms with van der Waals surface area (Å²) in [5.74, 6) is 0. The maximum atomic E-state index is 10.3. The van der Waals surface area contributed by atoms with Crippen molar-refractivity contribution in [2.24, 2.45) is 0 Å². The molecule has 0 amide bonds. The maximum Gasteiger partial charge on any atom is 0.0753 e. The monoisotopic (exact) mass is 241 g/mol. The molecule has 2 aliphatic rings. The lowest BCUT2D eigenvalue weighted by Gasteiger charge is -2.44. The number of rotatable bonds is 1. The molecule has 0 aromatic rings. The molecule has 2 atom stereocenters. The van der Waals surface area contributed by atoms with Crippen LogP contribution in [0.15, 0.2) is 0 Å². The molecular weight excluding hydrogens is 214 g/mol. The van der Waals surface area contributed by atoms with E-state index in [1.165, 1.54) is 25.7 Å². The topological polar surface area (TPSA) is 32.7 Å². The van der Waals surface area contributed by atoms with Crippen LogP contribution in [-0.4, -0.2) is 47.4 Å². The first kappa shape index (κ1) is 13.3. The Hall–Kier alpha value is -0.120. The average molecular weight is 241 g/mol. The summed E-state index contributed by atoms with van der Waals surface area (Å²) < 4.78 is 5.75. The summed E-state index contributed by atoms with van der Waals surface area (Å²) in [6.45, 7) is 7.03. The normalized spacial score (nSPS) is 36.2. The summed E-state index contributed by atoms with van der Waals surface area (Å²) in [5.41, 5.74) is -0.0552. The summed E-state index contributed by atoms with van der Waals surface area (Å²) in [6, 6.07) is 0.360.